The van der Waals surface area contributed by atoms with Gasteiger partial charge in [-0.25, -0.2) is 4.98 Å². The van der Waals surface area contributed by atoms with E-state index in [1.807, 2.05) is 18.2 Å². The van der Waals surface area contributed by atoms with E-state index >= 15 is 0 Å². The molecule has 1 aromatic heterocycles. The molecule has 2 N–H and O–H groups in total. The first-order valence-corrected chi connectivity index (χ1v) is 6.08. The Morgan fingerprint density at radius 3 is 2.88 bits per heavy atom. The average Bonchev–Trinajstić information content (AvgIpc) is 2.73. The number of aryl methyl sites for hydroxylation is 1. The number of hydrogen-bond donors (Lipinski definition) is 1. The van der Waals surface area contributed by atoms with Crippen LogP contribution >= 0.6 is 0 Å². The Morgan fingerprint density at radius 1 is 1.29 bits per heavy atom. The number of fused-ring (bicyclic) bond motifs is 1. The predicted molar refractivity (Wildman–Crippen MR) is 69.0 cm³/mol. The molecule has 17 heavy (non-hydrogen) atoms. The second-order valence-corrected chi connectivity index (χ2v) is 3.92. The van der Waals surface area contributed by atoms with Gasteiger partial charge >= 0.3 is 0 Å². The molecule has 4 heteroatoms. The van der Waals surface area contributed by atoms with Gasteiger partial charge in [-0.15, -0.1) is 0 Å². The van der Waals surface area contributed by atoms with Crippen molar-refractivity contribution in [2.24, 2.45) is 5.73 Å². The number of para-hydroxylation sites is 2. The quantitative estimate of drug-likeness (QED) is 0.771. The maximum Gasteiger partial charge on any atom is 0.109 e. The molecule has 0 amide bonds. The molecule has 0 fully saturated rings. The molecule has 2 aromatic rings. The third-order valence-corrected chi connectivity index (χ3v) is 2.77. The van der Waals surface area contributed by atoms with E-state index in [0.29, 0.717) is 19.8 Å². The van der Waals surface area contributed by atoms with Crippen molar-refractivity contribution in [1.82, 2.24) is 9.55 Å². The van der Waals surface area contributed by atoms with Crippen LogP contribution in [0.1, 0.15) is 12.7 Å². The van der Waals surface area contributed by atoms with Crippen LogP contribution in [-0.2, 0) is 17.7 Å². The standard InChI is InChI=1S/C13H19N3O/c1-2-13-15-11-5-3-4-6-12(11)16(13)8-10-17-9-7-14/h3-6H,2,7-10,14H2,1H3. The molecule has 0 bridgehead atoms. The summed E-state index contributed by atoms with van der Waals surface area (Å²) in [5.41, 5.74) is 7.63. The highest BCUT2D eigenvalue weighted by Gasteiger charge is 2.07. The summed E-state index contributed by atoms with van der Waals surface area (Å²) in [6.45, 7) is 4.84. The molecule has 0 saturated carbocycles. The number of hydrogen-bond acceptors (Lipinski definition) is 3. The van der Waals surface area contributed by atoms with Crippen LogP contribution in [0.25, 0.3) is 11.0 Å². The normalized spacial score (nSPS) is 11.2. The summed E-state index contributed by atoms with van der Waals surface area (Å²) in [7, 11) is 0. The number of ether oxygens (including phenoxy) is 1. The zero-order chi connectivity index (χ0) is 12.1. The smallest absolute Gasteiger partial charge is 0.109 e. The van der Waals surface area contributed by atoms with Crippen molar-refractivity contribution in [3.63, 3.8) is 0 Å². The van der Waals surface area contributed by atoms with Gasteiger partial charge in [-0.3, -0.25) is 0 Å². The molecule has 0 aliphatic carbocycles. The van der Waals surface area contributed by atoms with E-state index < -0.39 is 0 Å². The van der Waals surface area contributed by atoms with E-state index in [1.165, 1.54) is 5.52 Å². The van der Waals surface area contributed by atoms with Crippen LogP contribution in [-0.4, -0.2) is 29.3 Å². The molecular weight excluding hydrogens is 214 g/mol. The van der Waals surface area contributed by atoms with Crippen molar-refractivity contribution in [3.8, 4) is 0 Å². The molecule has 0 saturated heterocycles. The number of benzene rings is 1. The minimum atomic E-state index is 0.575. The van der Waals surface area contributed by atoms with Crippen LogP contribution in [0.3, 0.4) is 0 Å². The molecule has 4 nitrogen and oxygen atoms in total. The number of imidazole rings is 1. The van der Waals surface area contributed by atoms with E-state index in [4.69, 9.17) is 10.5 Å². The van der Waals surface area contributed by atoms with Crippen LogP contribution in [0.4, 0.5) is 0 Å². The summed E-state index contributed by atoms with van der Waals surface area (Å²) < 4.78 is 7.66. The molecule has 0 aliphatic heterocycles. The molecule has 92 valence electrons. The highest BCUT2D eigenvalue weighted by molar-refractivity contribution is 5.75. The highest BCUT2D eigenvalue weighted by Crippen LogP contribution is 2.16. The fraction of sp³-hybridized carbons (Fsp3) is 0.462. The van der Waals surface area contributed by atoms with E-state index in [1.54, 1.807) is 0 Å². The Kier molecular flexibility index (Phi) is 4.12. The molecule has 0 atom stereocenters. The van der Waals surface area contributed by atoms with Gasteiger partial charge in [-0.1, -0.05) is 19.1 Å². The topological polar surface area (TPSA) is 53.1 Å². The van der Waals surface area contributed by atoms with Crippen molar-refractivity contribution < 1.29 is 4.74 Å². The van der Waals surface area contributed by atoms with Crippen molar-refractivity contribution in [2.45, 2.75) is 19.9 Å². The lowest BCUT2D eigenvalue weighted by Crippen LogP contribution is -2.13. The minimum absolute atomic E-state index is 0.575. The van der Waals surface area contributed by atoms with Crippen molar-refractivity contribution in [1.29, 1.82) is 0 Å². The molecule has 0 spiro atoms. The summed E-state index contributed by atoms with van der Waals surface area (Å²) in [5.74, 6) is 1.11. The highest BCUT2D eigenvalue weighted by atomic mass is 16.5. The maximum absolute atomic E-state index is 5.43. The van der Waals surface area contributed by atoms with Gasteiger partial charge in [-0.05, 0) is 12.1 Å². The van der Waals surface area contributed by atoms with E-state index in [9.17, 15) is 0 Å². The third-order valence-electron chi connectivity index (χ3n) is 2.77. The monoisotopic (exact) mass is 233 g/mol. The average molecular weight is 233 g/mol. The van der Waals surface area contributed by atoms with E-state index in [0.717, 1.165) is 24.3 Å². The molecule has 0 aliphatic rings. The van der Waals surface area contributed by atoms with Crippen LogP contribution in [0.15, 0.2) is 24.3 Å². The van der Waals surface area contributed by atoms with Crippen molar-refractivity contribution in [2.75, 3.05) is 19.8 Å². The Morgan fingerprint density at radius 2 is 2.12 bits per heavy atom. The number of nitrogens with zero attached hydrogens (tertiary/aromatic N) is 2. The zero-order valence-corrected chi connectivity index (χ0v) is 10.2. The van der Waals surface area contributed by atoms with Gasteiger partial charge in [0.15, 0.2) is 0 Å². The molecule has 0 unspecified atom stereocenters. The molecule has 1 aromatic carbocycles. The van der Waals surface area contributed by atoms with Gasteiger partial charge in [-0.2, -0.15) is 0 Å². The lowest BCUT2D eigenvalue weighted by Gasteiger charge is -2.08. The Hall–Kier alpha value is -1.39. The Bertz CT molecular complexity index is 478. The summed E-state index contributed by atoms with van der Waals surface area (Å²) in [6, 6.07) is 8.21. The lowest BCUT2D eigenvalue weighted by atomic mass is 10.3. The molecular formula is C13H19N3O. The third kappa shape index (κ3) is 2.65. The Balaban J connectivity index is 2.18. The fourth-order valence-corrected chi connectivity index (χ4v) is 1.99. The van der Waals surface area contributed by atoms with Crippen molar-refractivity contribution >= 4 is 11.0 Å². The lowest BCUT2D eigenvalue weighted by molar-refractivity contribution is 0.133. The van der Waals surface area contributed by atoms with Crippen LogP contribution in [0.5, 0.6) is 0 Å². The summed E-state index contributed by atoms with van der Waals surface area (Å²) >= 11 is 0. The van der Waals surface area contributed by atoms with Crippen LogP contribution in [0.2, 0.25) is 0 Å². The van der Waals surface area contributed by atoms with Crippen molar-refractivity contribution in [3.05, 3.63) is 30.1 Å². The van der Waals surface area contributed by atoms with E-state index in [-0.39, 0.29) is 0 Å². The van der Waals surface area contributed by atoms with Gasteiger partial charge < -0.3 is 15.0 Å². The second-order valence-electron chi connectivity index (χ2n) is 3.92. The van der Waals surface area contributed by atoms with Gasteiger partial charge in [0.2, 0.25) is 0 Å². The predicted octanol–water partition coefficient (Wildman–Crippen LogP) is 1.57. The fourth-order valence-electron chi connectivity index (χ4n) is 1.99. The van der Waals surface area contributed by atoms with Crippen LogP contribution in [0, 0.1) is 0 Å². The first-order chi connectivity index (χ1) is 8.36. The zero-order valence-electron chi connectivity index (χ0n) is 10.2. The van der Waals surface area contributed by atoms with Gasteiger partial charge in [0.1, 0.15) is 5.82 Å². The minimum Gasteiger partial charge on any atom is -0.378 e. The summed E-state index contributed by atoms with van der Waals surface area (Å²) in [4.78, 5) is 4.61. The summed E-state index contributed by atoms with van der Waals surface area (Å²) in [5, 5.41) is 0. The largest absolute Gasteiger partial charge is 0.378 e. The van der Waals surface area contributed by atoms with Gasteiger partial charge in [0, 0.05) is 19.5 Å². The molecule has 2 rings (SSSR count). The second kappa shape index (κ2) is 5.80. The SMILES string of the molecule is CCc1nc2ccccc2n1CCOCCN. The summed E-state index contributed by atoms with van der Waals surface area (Å²) in [6.07, 6.45) is 0.936. The molecule has 0 radical (unpaired) electrons. The van der Waals surface area contributed by atoms with Gasteiger partial charge in [0.05, 0.1) is 24.2 Å². The van der Waals surface area contributed by atoms with E-state index in [2.05, 4.69) is 22.5 Å². The molecule has 1 heterocycles. The Labute approximate surface area is 101 Å². The van der Waals surface area contributed by atoms with Crippen LogP contribution < -0.4 is 5.73 Å². The number of aromatic nitrogens is 2. The number of nitrogens with two attached hydrogens (primary N) is 1. The number of rotatable bonds is 6. The first kappa shape index (κ1) is 12.1. The maximum atomic E-state index is 5.43. The first-order valence-electron chi connectivity index (χ1n) is 6.08. The van der Waals surface area contributed by atoms with Gasteiger partial charge in [0.25, 0.3) is 0 Å².